The molecule has 88 valence electrons. The molecule has 0 atom stereocenters. The van der Waals surface area contributed by atoms with Gasteiger partial charge in [-0.05, 0) is 49.4 Å². The normalized spacial score (nSPS) is 18.9. The smallest absolute Gasteiger partial charge is 0.0313 e. The first-order valence-corrected chi connectivity index (χ1v) is 6.43. The Hall–Kier alpha value is -0.890. The molecule has 1 aliphatic heterocycles. The van der Waals surface area contributed by atoms with Crippen molar-refractivity contribution in [2.45, 2.75) is 39.7 Å². The Morgan fingerprint density at radius 1 is 1.25 bits per heavy atom. The summed E-state index contributed by atoms with van der Waals surface area (Å²) in [4.78, 5) is 6.86. The molecule has 1 saturated heterocycles. The predicted molar refractivity (Wildman–Crippen MR) is 67.3 cm³/mol. The van der Waals surface area contributed by atoms with Gasteiger partial charge in [-0.25, -0.2) is 0 Å². The number of nitrogens with zero attached hydrogens (tertiary/aromatic N) is 2. The zero-order valence-corrected chi connectivity index (χ0v) is 10.4. The summed E-state index contributed by atoms with van der Waals surface area (Å²) in [6, 6.07) is 2.30. The predicted octanol–water partition coefficient (Wildman–Crippen LogP) is 2.88. The third-order valence-electron chi connectivity index (χ3n) is 3.54. The molecule has 0 N–H and O–H groups in total. The lowest BCUT2D eigenvalue weighted by Crippen LogP contribution is -2.32. The van der Waals surface area contributed by atoms with Crippen LogP contribution < -0.4 is 0 Å². The fourth-order valence-electron chi connectivity index (χ4n) is 2.30. The fraction of sp³-hybridized carbons (Fsp3) is 0.643. The maximum atomic E-state index is 4.31. The van der Waals surface area contributed by atoms with Crippen molar-refractivity contribution in [3.63, 3.8) is 0 Å². The Labute approximate surface area is 98.7 Å². The molecule has 0 spiro atoms. The first kappa shape index (κ1) is 11.6. The van der Waals surface area contributed by atoms with Gasteiger partial charge in [-0.3, -0.25) is 9.88 Å². The topological polar surface area (TPSA) is 16.1 Å². The average Bonchev–Trinajstić information content (AvgIpc) is 2.32. The second-order valence-corrected chi connectivity index (χ2v) is 5.01. The van der Waals surface area contributed by atoms with Crippen LogP contribution in [0.15, 0.2) is 18.5 Å². The van der Waals surface area contributed by atoms with Gasteiger partial charge in [0.15, 0.2) is 0 Å². The van der Waals surface area contributed by atoms with E-state index in [1.54, 1.807) is 0 Å². The van der Waals surface area contributed by atoms with Gasteiger partial charge in [-0.2, -0.15) is 0 Å². The second-order valence-electron chi connectivity index (χ2n) is 5.01. The van der Waals surface area contributed by atoms with Gasteiger partial charge in [0.2, 0.25) is 0 Å². The highest BCUT2D eigenvalue weighted by atomic mass is 15.1. The summed E-state index contributed by atoms with van der Waals surface area (Å²) in [6.45, 7) is 8.11. The number of aryl methyl sites for hydroxylation is 1. The summed E-state index contributed by atoms with van der Waals surface area (Å²) in [5.41, 5.74) is 2.72. The van der Waals surface area contributed by atoms with E-state index in [2.05, 4.69) is 29.8 Å². The number of aromatic nitrogens is 1. The highest BCUT2D eigenvalue weighted by Gasteiger charge is 2.15. The number of hydrogen-bond donors (Lipinski definition) is 0. The quantitative estimate of drug-likeness (QED) is 0.775. The standard InChI is InChI=1S/C14H22N2/c1-3-13-8-14(10-15-9-13)11-16-6-4-12(2)5-7-16/h8-10,12H,3-7,11H2,1-2H3. The molecule has 0 radical (unpaired) electrons. The SMILES string of the molecule is CCc1cncc(CN2CCC(C)CC2)c1. The van der Waals surface area contributed by atoms with Gasteiger partial charge in [0, 0.05) is 18.9 Å². The monoisotopic (exact) mass is 218 g/mol. The molecular formula is C14H22N2. The van der Waals surface area contributed by atoms with E-state index >= 15 is 0 Å². The molecule has 1 aromatic rings. The molecule has 0 bridgehead atoms. The summed E-state index contributed by atoms with van der Waals surface area (Å²) in [5.74, 6) is 0.913. The average molecular weight is 218 g/mol. The van der Waals surface area contributed by atoms with E-state index in [0.29, 0.717) is 0 Å². The summed E-state index contributed by atoms with van der Waals surface area (Å²) in [5, 5.41) is 0. The van der Waals surface area contributed by atoms with Gasteiger partial charge in [0.1, 0.15) is 0 Å². The van der Waals surface area contributed by atoms with E-state index in [1.807, 2.05) is 12.4 Å². The first-order chi connectivity index (χ1) is 7.78. The molecule has 1 aliphatic rings. The van der Waals surface area contributed by atoms with Crippen molar-refractivity contribution in [3.05, 3.63) is 29.6 Å². The number of likely N-dealkylation sites (tertiary alicyclic amines) is 1. The minimum Gasteiger partial charge on any atom is -0.299 e. The Kier molecular flexibility index (Phi) is 3.94. The van der Waals surface area contributed by atoms with Crippen molar-refractivity contribution in [1.29, 1.82) is 0 Å². The third kappa shape index (κ3) is 3.05. The molecular weight excluding hydrogens is 196 g/mol. The van der Waals surface area contributed by atoms with Crippen LogP contribution >= 0.6 is 0 Å². The van der Waals surface area contributed by atoms with Crippen molar-refractivity contribution in [3.8, 4) is 0 Å². The van der Waals surface area contributed by atoms with E-state index in [9.17, 15) is 0 Å². The number of rotatable bonds is 3. The highest BCUT2D eigenvalue weighted by Crippen LogP contribution is 2.18. The first-order valence-electron chi connectivity index (χ1n) is 6.43. The van der Waals surface area contributed by atoms with Crippen LogP contribution in [0.2, 0.25) is 0 Å². The van der Waals surface area contributed by atoms with Crippen molar-refractivity contribution < 1.29 is 0 Å². The highest BCUT2D eigenvalue weighted by molar-refractivity contribution is 5.17. The Morgan fingerprint density at radius 3 is 2.62 bits per heavy atom. The molecule has 0 unspecified atom stereocenters. The summed E-state index contributed by atoms with van der Waals surface area (Å²) < 4.78 is 0. The van der Waals surface area contributed by atoms with Gasteiger partial charge < -0.3 is 0 Å². The molecule has 0 aliphatic carbocycles. The van der Waals surface area contributed by atoms with Crippen LogP contribution in [0.5, 0.6) is 0 Å². The van der Waals surface area contributed by atoms with E-state index < -0.39 is 0 Å². The number of piperidine rings is 1. The molecule has 2 nitrogen and oxygen atoms in total. The Morgan fingerprint density at radius 2 is 1.94 bits per heavy atom. The minimum atomic E-state index is 0.913. The van der Waals surface area contributed by atoms with E-state index in [4.69, 9.17) is 0 Å². The molecule has 1 fully saturated rings. The van der Waals surface area contributed by atoms with E-state index in [1.165, 1.54) is 37.1 Å². The van der Waals surface area contributed by atoms with Crippen LogP contribution in [-0.4, -0.2) is 23.0 Å². The van der Waals surface area contributed by atoms with Gasteiger partial charge in [0.05, 0.1) is 0 Å². The van der Waals surface area contributed by atoms with Crippen molar-refractivity contribution in [1.82, 2.24) is 9.88 Å². The van der Waals surface area contributed by atoms with E-state index in [0.717, 1.165) is 18.9 Å². The van der Waals surface area contributed by atoms with Crippen LogP contribution in [0.4, 0.5) is 0 Å². The molecule has 1 aromatic heterocycles. The molecule has 0 saturated carbocycles. The summed E-state index contributed by atoms with van der Waals surface area (Å²) >= 11 is 0. The molecule has 0 aromatic carbocycles. The summed E-state index contributed by atoms with van der Waals surface area (Å²) in [6.07, 6.45) is 7.76. The zero-order valence-electron chi connectivity index (χ0n) is 10.4. The molecule has 2 heteroatoms. The van der Waals surface area contributed by atoms with Gasteiger partial charge >= 0.3 is 0 Å². The van der Waals surface area contributed by atoms with E-state index in [-0.39, 0.29) is 0 Å². The largest absolute Gasteiger partial charge is 0.299 e. The van der Waals surface area contributed by atoms with Gasteiger partial charge in [0.25, 0.3) is 0 Å². The number of pyridine rings is 1. The van der Waals surface area contributed by atoms with Gasteiger partial charge in [-0.1, -0.05) is 19.9 Å². The summed E-state index contributed by atoms with van der Waals surface area (Å²) in [7, 11) is 0. The zero-order chi connectivity index (χ0) is 11.4. The lowest BCUT2D eigenvalue weighted by Gasteiger charge is -2.30. The van der Waals surface area contributed by atoms with Gasteiger partial charge in [-0.15, -0.1) is 0 Å². The maximum Gasteiger partial charge on any atom is 0.0313 e. The maximum absolute atomic E-state index is 4.31. The van der Waals surface area contributed by atoms with Crippen LogP contribution in [0.3, 0.4) is 0 Å². The fourth-order valence-corrected chi connectivity index (χ4v) is 2.30. The van der Waals surface area contributed by atoms with Crippen molar-refractivity contribution in [2.75, 3.05) is 13.1 Å². The molecule has 16 heavy (non-hydrogen) atoms. The molecule has 2 heterocycles. The molecule has 2 rings (SSSR count). The Balaban J connectivity index is 1.93. The second kappa shape index (κ2) is 5.44. The third-order valence-corrected chi connectivity index (χ3v) is 3.54. The molecule has 0 amide bonds. The lowest BCUT2D eigenvalue weighted by atomic mass is 9.99. The Bertz CT molecular complexity index is 327. The van der Waals surface area contributed by atoms with Crippen LogP contribution in [0, 0.1) is 5.92 Å². The number of hydrogen-bond acceptors (Lipinski definition) is 2. The van der Waals surface area contributed by atoms with Crippen LogP contribution in [-0.2, 0) is 13.0 Å². The minimum absolute atomic E-state index is 0.913. The van der Waals surface area contributed by atoms with Crippen LogP contribution in [0.25, 0.3) is 0 Å². The van der Waals surface area contributed by atoms with Crippen molar-refractivity contribution >= 4 is 0 Å². The van der Waals surface area contributed by atoms with Crippen LogP contribution in [0.1, 0.15) is 37.8 Å². The van der Waals surface area contributed by atoms with Crippen molar-refractivity contribution in [2.24, 2.45) is 5.92 Å². The lowest BCUT2D eigenvalue weighted by molar-refractivity contribution is 0.185.